The van der Waals surface area contributed by atoms with E-state index >= 15 is 0 Å². The maximum Gasteiger partial charge on any atom is 0.0209 e. The lowest BCUT2D eigenvalue weighted by atomic mass is 9.97. The first kappa shape index (κ1) is 8.38. The van der Waals surface area contributed by atoms with Crippen LogP contribution < -0.4 is 5.32 Å². The second-order valence-corrected chi connectivity index (χ2v) is 3.42. The molecular formula is C10H17N. The normalized spacial score (nSPS) is 25.5. The lowest BCUT2D eigenvalue weighted by Gasteiger charge is -2.13. The minimum absolute atomic E-state index is 0.661. The van der Waals surface area contributed by atoms with Gasteiger partial charge in [0.05, 0.1) is 0 Å². The summed E-state index contributed by atoms with van der Waals surface area (Å²) in [5.74, 6) is 0.661. The van der Waals surface area contributed by atoms with Crippen molar-refractivity contribution < 1.29 is 0 Å². The Balaban J connectivity index is 2.46. The topological polar surface area (TPSA) is 12.0 Å². The van der Waals surface area contributed by atoms with Crippen LogP contribution in [0.15, 0.2) is 24.4 Å². The molecule has 0 saturated carbocycles. The van der Waals surface area contributed by atoms with E-state index in [2.05, 4.69) is 25.4 Å². The minimum Gasteiger partial charge on any atom is -0.388 e. The van der Waals surface area contributed by atoms with Gasteiger partial charge in [0, 0.05) is 12.2 Å². The van der Waals surface area contributed by atoms with Gasteiger partial charge in [0.1, 0.15) is 0 Å². The van der Waals surface area contributed by atoms with Gasteiger partial charge in [-0.15, -0.1) is 0 Å². The lowest BCUT2D eigenvalue weighted by molar-refractivity contribution is 0.555. The molecule has 1 rings (SSSR count). The molecule has 0 bridgehead atoms. The van der Waals surface area contributed by atoms with Gasteiger partial charge in [-0.3, -0.25) is 0 Å². The zero-order valence-corrected chi connectivity index (χ0v) is 7.32. The van der Waals surface area contributed by atoms with Gasteiger partial charge in [-0.2, -0.15) is 0 Å². The zero-order valence-electron chi connectivity index (χ0n) is 7.32. The lowest BCUT2D eigenvalue weighted by Crippen LogP contribution is -2.19. The summed E-state index contributed by atoms with van der Waals surface area (Å²) in [6, 6.07) is 0. The summed E-state index contributed by atoms with van der Waals surface area (Å²) < 4.78 is 0. The molecule has 0 aliphatic carbocycles. The third kappa shape index (κ3) is 2.41. The fraction of sp³-hybridized carbons (Fsp3) is 0.600. The molecule has 1 heterocycles. The molecule has 0 amide bonds. The van der Waals surface area contributed by atoms with Crippen LogP contribution in [0.25, 0.3) is 0 Å². The summed E-state index contributed by atoms with van der Waals surface area (Å²) in [6.45, 7) is 11.1. The average molecular weight is 151 g/mol. The smallest absolute Gasteiger partial charge is 0.0209 e. The van der Waals surface area contributed by atoms with Gasteiger partial charge in [-0.1, -0.05) is 18.7 Å². The molecular weight excluding hydrogens is 134 g/mol. The van der Waals surface area contributed by atoms with E-state index < -0.39 is 0 Å². The number of hydrogen-bond donors (Lipinski definition) is 1. The van der Waals surface area contributed by atoms with Crippen molar-refractivity contribution in [2.75, 3.05) is 6.54 Å². The molecule has 1 aliphatic rings. The van der Waals surface area contributed by atoms with Gasteiger partial charge in [-0.05, 0) is 32.1 Å². The molecule has 0 aromatic carbocycles. The number of hydrogen-bond acceptors (Lipinski definition) is 1. The van der Waals surface area contributed by atoms with Gasteiger partial charge in [0.25, 0.3) is 0 Å². The van der Waals surface area contributed by atoms with Crippen LogP contribution in [0.1, 0.15) is 26.2 Å². The first-order valence-electron chi connectivity index (χ1n) is 4.27. The molecule has 1 saturated heterocycles. The summed E-state index contributed by atoms with van der Waals surface area (Å²) in [5.41, 5.74) is 2.49. The summed E-state index contributed by atoms with van der Waals surface area (Å²) in [6.07, 6.45) is 3.65. The van der Waals surface area contributed by atoms with Crippen molar-refractivity contribution in [3.63, 3.8) is 0 Å². The minimum atomic E-state index is 0.661. The maximum absolute atomic E-state index is 3.98. The molecule has 1 atom stereocenters. The van der Waals surface area contributed by atoms with Crippen molar-refractivity contribution in [3.05, 3.63) is 24.4 Å². The summed E-state index contributed by atoms with van der Waals surface area (Å²) in [7, 11) is 0. The van der Waals surface area contributed by atoms with Crippen molar-refractivity contribution >= 4 is 0 Å². The van der Waals surface area contributed by atoms with Crippen LogP contribution in [0.5, 0.6) is 0 Å². The molecule has 62 valence electrons. The molecule has 1 heteroatoms. The van der Waals surface area contributed by atoms with E-state index in [4.69, 9.17) is 0 Å². The van der Waals surface area contributed by atoms with Gasteiger partial charge in [0.15, 0.2) is 0 Å². The number of nitrogens with one attached hydrogen (secondary N) is 1. The molecule has 0 aromatic heterocycles. The average Bonchev–Trinajstić information content (AvgIpc) is 2.13. The fourth-order valence-electron chi connectivity index (χ4n) is 1.44. The highest BCUT2D eigenvalue weighted by atomic mass is 14.9. The Hall–Kier alpha value is -0.720. The van der Waals surface area contributed by atoms with Crippen molar-refractivity contribution in [2.24, 2.45) is 5.92 Å². The first-order valence-corrected chi connectivity index (χ1v) is 4.27. The SMILES string of the molecule is C=C1CCCC(C(=C)C)CN1. The van der Waals surface area contributed by atoms with E-state index in [0.717, 1.165) is 13.0 Å². The monoisotopic (exact) mass is 151 g/mol. The van der Waals surface area contributed by atoms with E-state index in [0.29, 0.717) is 5.92 Å². The Morgan fingerprint density at radius 3 is 3.00 bits per heavy atom. The largest absolute Gasteiger partial charge is 0.388 e. The van der Waals surface area contributed by atoms with Crippen LogP contribution >= 0.6 is 0 Å². The summed E-state index contributed by atoms with van der Waals surface area (Å²) >= 11 is 0. The predicted molar refractivity (Wildman–Crippen MR) is 49.3 cm³/mol. The first-order chi connectivity index (χ1) is 5.20. The van der Waals surface area contributed by atoms with E-state index in [1.807, 2.05) is 0 Å². The highest BCUT2D eigenvalue weighted by Crippen LogP contribution is 2.20. The molecule has 1 fully saturated rings. The van der Waals surface area contributed by atoms with Gasteiger partial charge in [0.2, 0.25) is 0 Å². The van der Waals surface area contributed by atoms with Gasteiger partial charge < -0.3 is 5.32 Å². The fourth-order valence-corrected chi connectivity index (χ4v) is 1.44. The van der Waals surface area contributed by atoms with E-state index in [1.54, 1.807) is 0 Å². The third-order valence-corrected chi connectivity index (χ3v) is 2.33. The molecule has 0 spiro atoms. The van der Waals surface area contributed by atoms with Crippen LogP contribution in [0, 0.1) is 5.92 Å². The Labute approximate surface area is 69.2 Å². The highest BCUT2D eigenvalue weighted by Gasteiger charge is 2.12. The van der Waals surface area contributed by atoms with Gasteiger partial charge in [-0.25, -0.2) is 0 Å². The van der Waals surface area contributed by atoms with Crippen molar-refractivity contribution in [2.45, 2.75) is 26.2 Å². The highest BCUT2D eigenvalue weighted by molar-refractivity contribution is 5.02. The third-order valence-electron chi connectivity index (χ3n) is 2.33. The Morgan fingerprint density at radius 1 is 1.64 bits per heavy atom. The van der Waals surface area contributed by atoms with E-state index in [-0.39, 0.29) is 0 Å². The van der Waals surface area contributed by atoms with Crippen LogP contribution in [0.4, 0.5) is 0 Å². The van der Waals surface area contributed by atoms with Crippen molar-refractivity contribution in [3.8, 4) is 0 Å². The molecule has 0 aromatic rings. The quantitative estimate of drug-likeness (QED) is 0.568. The standard InChI is InChI=1S/C10H17N/c1-8(2)10-6-4-5-9(3)11-7-10/h10-11H,1,3-7H2,2H3. The van der Waals surface area contributed by atoms with Gasteiger partial charge >= 0.3 is 0 Å². The molecule has 0 radical (unpaired) electrons. The van der Waals surface area contributed by atoms with E-state index in [9.17, 15) is 0 Å². The van der Waals surface area contributed by atoms with Crippen molar-refractivity contribution in [1.82, 2.24) is 5.32 Å². The summed E-state index contributed by atoms with van der Waals surface area (Å²) in [5, 5.41) is 3.32. The van der Waals surface area contributed by atoms with Crippen LogP contribution in [0.3, 0.4) is 0 Å². The predicted octanol–water partition coefficient (Wildman–Crippen LogP) is 2.47. The Kier molecular flexibility index (Phi) is 2.75. The number of rotatable bonds is 1. The van der Waals surface area contributed by atoms with Crippen molar-refractivity contribution in [1.29, 1.82) is 0 Å². The number of allylic oxidation sites excluding steroid dienone is 1. The van der Waals surface area contributed by atoms with Crippen LogP contribution in [0.2, 0.25) is 0 Å². The van der Waals surface area contributed by atoms with E-state index in [1.165, 1.54) is 24.1 Å². The second kappa shape index (κ2) is 3.61. The Bertz CT molecular complexity index is 170. The zero-order chi connectivity index (χ0) is 8.27. The van der Waals surface area contributed by atoms with Crippen LogP contribution in [-0.2, 0) is 0 Å². The molecule has 1 nitrogen and oxygen atoms in total. The maximum atomic E-state index is 3.98. The molecule has 1 N–H and O–H groups in total. The molecule has 1 aliphatic heterocycles. The summed E-state index contributed by atoms with van der Waals surface area (Å²) in [4.78, 5) is 0. The molecule has 1 unspecified atom stereocenters. The molecule has 11 heavy (non-hydrogen) atoms. The van der Waals surface area contributed by atoms with Crippen LogP contribution in [-0.4, -0.2) is 6.54 Å². The Morgan fingerprint density at radius 2 is 2.36 bits per heavy atom. The second-order valence-electron chi connectivity index (χ2n) is 3.42.